The van der Waals surface area contributed by atoms with Crippen LogP contribution in [0.4, 0.5) is 11.5 Å². The number of benzene rings is 1. The Labute approximate surface area is 169 Å². The molecule has 1 amide bonds. The molecule has 1 aromatic carbocycles. The van der Waals surface area contributed by atoms with E-state index in [9.17, 15) is 4.79 Å². The van der Waals surface area contributed by atoms with Crippen LogP contribution in [0.25, 0.3) is 0 Å². The van der Waals surface area contributed by atoms with Crippen molar-refractivity contribution >= 4 is 17.4 Å². The maximum Gasteiger partial charge on any atom is 0.251 e. The van der Waals surface area contributed by atoms with E-state index in [0.717, 1.165) is 43.5 Å². The number of piperazine rings is 1. The maximum absolute atomic E-state index is 12.4. The molecule has 29 heavy (non-hydrogen) atoms. The van der Waals surface area contributed by atoms with E-state index < -0.39 is 0 Å². The third kappa shape index (κ3) is 4.51. The Morgan fingerprint density at radius 3 is 2.55 bits per heavy atom. The number of nitrogens with zero attached hydrogens (tertiary/aromatic N) is 3. The van der Waals surface area contributed by atoms with Crippen LogP contribution in [0.1, 0.15) is 16.1 Å². The largest absolute Gasteiger partial charge is 0.497 e. The lowest BCUT2D eigenvalue weighted by Crippen LogP contribution is -2.46. The van der Waals surface area contributed by atoms with E-state index in [0.29, 0.717) is 12.1 Å². The minimum absolute atomic E-state index is 0.137. The number of hydrogen-bond donors (Lipinski definition) is 1. The number of methoxy groups -OCH3 is 1. The highest BCUT2D eigenvalue weighted by atomic mass is 16.5. The molecule has 7 nitrogen and oxygen atoms in total. The number of amides is 1. The molecular weight excluding hydrogens is 368 g/mol. The van der Waals surface area contributed by atoms with Crippen molar-refractivity contribution in [3.8, 4) is 5.75 Å². The van der Waals surface area contributed by atoms with Crippen molar-refractivity contribution in [1.29, 1.82) is 0 Å². The van der Waals surface area contributed by atoms with E-state index in [4.69, 9.17) is 9.15 Å². The van der Waals surface area contributed by atoms with Crippen LogP contribution in [0.5, 0.6) is 5.75 Å². The SMILES string of the molecule is COc1ccc(N2CCN(c3cc(C(=O)NCc4ccco4)ccn3)CC2)cc1. The fraction of sp³-hybridized carbons (Fsp3) is 0.273. The van der Waals surface area contributed by atoms with Crippen molar-refractivity contribution < 1.29 is 13.9 Å². The summed E-state index contributed by atoms with van der Waals surface area (Å²) in [5.74, 6) is 2.27. The van der Waals surface area contributed by atoms with Gasteiger partial charge in [0.1, 0.15) is 17.3 Å². The predicted molar refractivity (Wildman–Crippen MR) is 112 cm³/mol. The molecule has 1 aliphatic heterocycles. The number of rotatable bonds is 6. The third-order valence-electron chi connectivity index (χ3n) is 5.05. The average molecular weight is 392 g/mol. The number of aromatic nitrogens is 1. The smallest absolute Gasteiger partial charge is 0.251 e. The number of carbonyl (C=O) groups is 1. The zero-order chi connectivity index (χ0) is 20.1. The van der Waals surface area contributed by atoms with Gasteiger partial charge in [-0.25, -0.2) is 4.98 Å². The molecule has 3 aromatic rings. The van der Waals surface area contributed by atoms with Gasteiger partial charge in [0.2, 0.25) is 0 Å². The van der Waals surface area contributed by atoms with E-state index in [-0.39, 0.29) is 5.91 Å². The molecule has 3 heterocycles. The van der Waals surface area contributed by atoms with Crippen molar-refractivity contribution in [1.82, 2.24) is 10.3 Å². The molecule has 4 rings (SSSR count). The molecule has 1 N–H and O–H groups in total. The first-order chi connectivity index (χ1) is 14.2. The Bertz CT molecular complexity index is 933. The van der Waals surface area contributed by atoms with Crippen molar-refractivity contribution in [2.75, 3.05) is 43.1 Å². The Hall–Kier alpha value is -3.48. The second-order valence-electron chi connectivity index (χ2n) is 6.84. The molecule has 7 heteroatoms. The maximum atomic E-state index is 12.4. The van der Waals surface area contributed by atoms with E-state index in [1.165, 1.54) is 5.69 Å². The van der Waals surface area contributed by atoms with Gasteiger partial charge in [-0.2, -0.15) is 0 Å². The molecular formula is C22H24N4O3. The topological polar surface area (TPSA) is 70.8 Å². The molecule has 150 valence electrons. The van der Waals surface area contributed by atoms with Gasteiger partial charge in [-0.3, -0.25) is 4.79 Å². The summed E-state index contributed by atoms with van der Waals surface area (Å²) in [7, 11) is 1.67. The molecule has 1 fully saturated rings. The highest BCUT2D eigenvalue weighted by Gasteiger charge is 2.19. The first kappa shape index (κ1) is 18.9. The number of pyridine rings is 1. The summed E-state index contributed by atoms with van der Waals surface area (Å²) in [6.07, 6.45) is 3.28. The monoisotopic (exact) mass is 392 g/mol. The van der Waals surface area contributed by atoms with Crippen LogP contribution in [0.3, 0.4) is 0 Å². The summed E-state index contributed by atoms with van der Waals surface area (Å²) in [5, 5.41) is 2.87. The standard InChI is InChI=1S/C22H24N4O3/c1-28-19-6-4-18(5-7-19)25-10-12-26(13-11-25)21-15-17(8-9-23-21)22(27)24-16-20-3-2-14-29-20/h2-9,14-15H,10-13,16H2,1H3,(H,24,27). The van der Waals surface area contributed by atoms with Crippen LogP contribution in [0, 0.1) is 0 Å². The number of nitrogens with one attached hydrogen (secondary N) is 1. The summed E-state index contributed by atoms with van der Waals surface area (Å²) in [6, 6.07) is 15.3. The summed E-state index contributed by atoms with van der Waals surface area (Å²) in [5.41, 5.74) is 1.78. The lowest BCUT2D eigenvalue weighted by molar-refractivity contribution is 0.0948. The molecule has 1 aliphatic rings. The number of furan rings is 1. The van der Waals surface area contributed by atoms with Crippen molar-refractivity contribution in [3.05, 3.63) is 72.3 Å². The molecule has 0 atom stereocenters. The molecule has 0 aliphatic carbocycles. The average Bonchev–Trinajstić information content (AvgIpc) is 3.31. The first-order valence-corrected chi connectivity index (χ1v) is 9.63. The van der Waals surface area contributed by atoms with Gasteiger partial charge in [-0.1, -0.05) is 0 Å². The minimum Gasteiger partial charge on any atom is -0.497 e. The number of hydrogen-bond acceptors (Lipinski definition) is 6. The summed E-state index contributed by atoms with van der Waals surface area (Å²) < 4.78 is 10.5. The van der Waals surface area contributed by atoms with Crippen LogP contribution in [-0.4, -0.2) is 44.2 Å². The first-order valence-electron chi connectivity index (χ1n) is 9.63. The molecule has 2 aromatic heterocycles. The second kappa shape index (κ2) is 8.68. The van der Waals surface area contributed by atoms with Crippen molar-refractivity contribution in [3.63, 3.8) is 0 Å². The zero-order valence-electron chi connectivity index (χ0n) is 16.4. The van der Waals surface area contributed by atoms with Crippen molar-refractivity contribution in [2.24, 2.45) is 0 Å². The lowest BCUT2D eigenvalue weighted by atomic mass is 10.2. The highest BCUT2D eigenvalue weighted by molar-refractivity contribution is 5.94. The fourth-order valence-electron chi connectivity index (χ4n) is 3.40. The van der Waals surface area contributed by atoms with E-state index in [1.807, 2.05) is 24.3 Å². The van der Waals surface area contributed by atoms with Crippen LogP contribution < -0.4 is 19.9 Å². The second-order valence-corrected chi connectivity index (χ2v) is 6.84. The van der Waals surface area contributed by atoms with Gasteiger partial charge in [-0.05, 0) is 48.5 Å². The van der Waals surface area contributed by atoms with Crippen LogP contribution in [0.15, 0.2) is 65.4 Å². The number of ether oxygens (including phenoxy) is 1. The molecule has 0 spiro atoms. The highest BCUT2D eigenvalue weighted by Crippen LogP contribution is 2.22. The normalized spacial score (nSPS) is 14.0. The lowest BCUT2D eigenvalue weighted by Gasteiger charge is -2.36. The van der Waals surface area contributed by atoms with Gasteiger partial charge in [0.25, 0.3) is 5.91 Å². The Morgan fingerprint density at radius 1 is 1.10 bits per heavy atom. The molecule has 0 radical (unpaired) electrons. The predicted octanol–water partition coefficient (Wildman–Crippen LogP) is 2.94. The quantitative estimate of drug-likeness (QED) is 0.696. The Balaban J connectivity index is 1.35. The van der Waals surface area contributed by atoms with Crippen molar-refractivity contribution in [2.45, 2.75) is 6.54 Å². The summed E-state index contributed by atoms with van der Waals surface area (Å²) >= 11 is 0. The van der Waals surface area contributed by atoms with Gasteiger partial charge in [0.15, 0.2) is 0 Å². The van der Waals surface area contributed by atoms with Gasteiger partial charge < -0.3 is 24.3 Å². The number of carbonyl (C=O) groups excluding carboxylic acids is 1. The Kier molecular flexibility index (Phi) is 5.65. The molecule has 0 bridgehead atoms. The molecule has 0 unspecified atom stereocenters. The van der Waals surface area contributed by atoms with E-state index >= 15 is 0 Å². The van der Waals surface area contributed by atoms with E-state index in [1.54, 1.807) is 31.7 Å². The number of anilines is 2. The van der Waals surface area contributed by atoms with Crippen LogP contribution >= 0.6 is 0 Å². The third-order valence-corrected chi connectivity index (χ3v) is 5.05. The van der Waals surface area contributed by atoms with Gasteiger partial charge in [-0.15, -0.1) is 0 Å². The molecule has 0 saturated carbocycles. The van der Waals surface area contributed by atoms with Crippen LogP contribution in [0.2, 0.25) is 0 Å². The minimum atomic E-state index is -0.137. The van der Waals surface area contributed by atoms with Gasteiger partial charge >= 0.3 is 0 Å². The van der Waals surface area contributed by atoms with Crippen LogP contribution in [-0.2, 0) is 6.54 Å². The summed E-state index contributed by atoms with van der Waals surface area (Å²) in [6.45, 7) is 3.84. The van der Waals surface area contributed by atoms with E-state index in [2.05, 4.69) is 32.2 Å². The fourth-order valence-corrected chi connectivity index (χ4v) is 3.40. The van der Waals surface area contributed by atoms with Gasteiger partial charge in [0.05, 0.1) is 19.9 Å². The van der Waals surface area contributed by atoms with Gasteiger partial charge in [0, 0.05) is 43.6 Å². The Morgan fingerprint density at radius 2 is 1.86 bits per heavy atom. The summed E-state index contributed by atoms with van der Waals surface area (Å²) in [4.78, 5) is 21.5. The molecule has 1 saturated heterocycles. The zero-order valence-corrected chi connectivity index (χ0v) is 16.4.